The van der Waals surface area contributed by atoms with E-state index >= 15 is 0 Å². The highest BCUT2D eigenvalue weighted by atomic mass is 19.1. The zero-order valence-electron chi connectivity index (χ0n) is 23.9. The molecule has 3 aromatic rings. The van der Waals surface area contributed by atoms with Crippen molar-refractivity contribution in [2.75, 3.05) is 33.4 Å². The maximum Gasteiger partial charge on any atom is 0.320 e. The predicted octanol–water partition coefficient (Wildman–Crippen LogP) is 5.85. The highest BCUT2D eigenvalue weighted by molar-refractivity contribution is 5.75. The highest BCUT2D eigenvalue weighted by Crippen LogP contribution is 2.40. The molecule has 0 radical (unpaired) electrons. The Morgan fingerprint density at radius 1 is 1.10 bits per heavy atom. The molecule has 1 aromatic heterocycles. The van der Waals surface area contributed by atoms with E-state index in [0.717, 1.165) is 18.4 Å². The van der Waals surface area contributed by atoms with Crippen molar-refractivity contribution in [3.05, 3.63) is 77.8 Å². The van der Waals surface area contributed by atoms with E-state index < -0.39 is 11.5 Å². The van der Waals surface area contributed by atoms with Crippen molar-refractivity contribution in [2.45, 2.75) is 58.7 Å². The first-order valence-corrected chi connectivity index (χ1v) is 13.9. The lowest BCUT2D eigenvalue weighted by molar-refractivity contribution is 0.0827. The summed E-state index contributed by atoms with van der Waals surface area (Å²) in [5.74, 6) is -0.0252. The number of carbonyl (C=O) groups is 1. The van der Waals surface area contributed by atoms with Crippen molar-refractivity contribution >= 4 is 6.03 Å². The Bertz CT molecular complexity index is 1280. The van der Waals surface area contributed by atoms with Crippen LogP contribution in [0.3, 0.4) is 0 Å². The zero-order valence-corrected chi connectivity index (χ0v) is 23.9. The van der Waals surface area contributed by atoms with Crippen LogP contribution in [0, 0.1) is 17.0 Å². The number of hydrogen-bond donors (Lipinski definition) is 1. The van der Waals surface area contributed by atoms with Gasteiger partial charge in [-0.15, -0.1) is 0 Å². The summed E-state index contributed by atoms with van der Waals surface area (Å²) >= 11 is 0. The molecule has 0 bridgehead atoms. The second-order valence-corrected chi connectivity index (χ2v) is 11.7. The van der Waals surface area contributed by atoms with E-state index in [1.54, 1.807) is 19.2 Å². The number of imidazole rings is 1. The van der Waals surface area contributed by atoms with Gasteiger partial charge in [-0.05, 0) is 54.5 Å². The number of methoxy groups -OCH3 is 1. The van der Waals surface area contributed by atoms with Gasteiger partial charge in [-0.25, -0.2) is 18.6 Å². The van der Waals surface area contributed by atoms with Crippen LogP contribution in [0.25, 0.3) is 11.3 Å². The van der Waals surface area contributed by atoms with Gasteiger partial charge in [0.2, 0.25) is 0 Å². The van der Waals surface area contributed by atoms with Gasteiger partial charge in [0.15, 0.2) is 0 Å². The first kappa shape index (κ1) is 29.7. The molecular formula is C31H41F2N5O2. The Morgan fingerprint density at radius 3 is 2.40 bits per heavy atom. The van der Waals surface area contributed by atoms with E-state index in [0.29, 0.717) is 56.3 Å². The molecule has 1 aliphatic rings. The van der Waals surface area contributed by atoms with E-state index in [1.807, 2.05) is 32.7 Å². The lowest BCUT2D eigenvalue weighted by Gasteiger charge is -2.42. The van der Waals surface area contributed by atoms with Crippen molar-refractivity contribution in [3.8, 4) is 11.3 Å². The van der Waals surface area contributed by atoms with Crippen LogP contribution in [0.5, 0.6) is 0 Å². The first-order valence-electron chi connectivity index (χ1n) is 13.9. The minimum atomic E-state index is -0.439. The fraction of sp³-hybridized carbons (Fsp3) is 0.484. The average molecular weight is 554 g/mol. The standard InChI is InChI=1S/C31H41F2N5O2/c1-31(2,3)28(38(16-13-26(34)21-40-4)30(39)36-14-5-6-15-36)29-35-27(23-10-8-12-25(33)18-23)20-37(29)19-22-9-7-11-24(32)17-22/h7-12,17-18,20,26,28H,5-6,13-16,19,21,34H2,1-4H3/t26-,28-/m0/s1. The third-order valence-electron chi connectivity index (χ3n) is 7.29. The Morgan fingerprint density at radius 2 is 1.77 bits per heavy atom. The number of hydrogen-bond acceptors (Lipinski definition) is 4. The number of amides is 2. The molecule has 40 heavy (non-hydrogen) atoms. The molecule has 9 heteroatoms. The number of benzene rings is 2. The van der Waals surface area contributed by atoms with Crippen LogP contribution in [0.2, 0.25) is 0 Å². The summed E-state index contributed by atoms with van der Waals surface area (Å²) in [5, 5.41) is 0. The molecule has 1 saturated heterocycles. The summed E-state index contributed by atoms with van der Waals surface area (Å²) in [6.45, 7) is 8.83. The lowest BCUT2D eigenvalue weighted by atomic mass is 9.84. The minimum absolute atomic E-state index is 0.0466. The van der Waals surface area contributed by atoms with Gasteiger partial charge in [0.05, 0.1) is 18.3 Å². The molecule has 0 unspecified atom stereocenters. The van der Waals surface area contributed by atoms with Crippen molar-refractivity contribution in [3.63, 3.8) is 0 Å². The van der Waals surface area contributed by atoms with E-state index in [2.05, 4.69) is 20.8 Å². The van der Waals surface area contributed by atoms with Crippen LogP contribution in [0.1, 0.15) is 57.5 Å². The second-order valence-electron chi connectivity index (χ2n) is 11.7. The predicted molar refractivity (Wildman–Crippen MR) is 153 cm³/mol. The number of rotatable bonds is 10. The molecule has 0 spiro atoms. The monoisotopic (exact) mass is 553 g/mol. The van der Waals surface area contributed by atoms with Crippen molar-refractivity contribution in [2.24, 2.45) is 11.1 Å². The van der Waals surface area contributed by atoms with E-state index in [1.165, 1.54) is 24.3 Å². The maximum absolute atomic E-state index is 14.2. The average Bonchev–Trinajstić information content (AvgIpc) is 3.56. The zero-order chi connectivity index (χ0) is 28.9. The van der Waals surface area contributed by atoms with Crippen LogP contribution >= 0.6 is 0 Å². The fourth-order valence-electron chi connectivity index (χ4n) is 5.42. The molecule has 216 valence electrons. The van der Waals surface area contributed by atoms with Crippen LogP contribution in [0.4, 0.5) is 13.6 Å². The van der Waals surface area contributed by atoms with Gasteiger partial charge in [0, 0.05) is 51.1 Å². The van der Waals surface area contributed by atoms with Crippen LogP contribution in [-0.4, -0.2) is 64.8 Å². The molecule has 2 heterocycles. The fourth-order valence-corrected chi connectivity index (χ4v) is 5.42. The molecule has 4 rings (SSSR count). The van der Waals surface area contributed by atoms with E-state index in [9.17, 15) is 13.6 Å². The SMILES string of the molecule is COC[C@@H](N)CCN(C(=O)N1CCCC1)[C@@H](c1nc(-c2cccc(F)c2)cn1Cc1cccc(F)c1)C(C)(C)C. The number of aromatic nitrogens is 2. The van der Waals surface area contributed by atoms with E-state index in [4.69, 9.17) is 15.5 Å². The largest absolute Gasteiger partial charge is 0.383 e. The molecule has 7 nitrogen and oxygen atoms in total. The van der Waals surface area contributed by atoms with Crippen LogP contribution < -0.4 is 5.73 Å². The molecule has 2 amide bonds. The number of likely N-dealkylation sites (tertiary alicyclic amines) is 1. The number of ether oxygens (including phenoxy) is 1. The minimum Gasteiger partial charge on any atom is -0.383 e. The van der Waals surface area contributed by atoms with Gasteiger partial charge in [0.1, 0.15) is 17.5 Å². The van der Waals surface area contributed by atoms with Gasteiger partial charge < -0.3 is 24.8 Å². The normalized spacial score (nSPS) is 15.3. The molecule has 0 saturated carbocycles. The van der Waals surface area contributed by atoms with Crippen molar-refractivity contribution in [1.29, 1.82) is 0 Å². The summed E-state index contributed by atoms with van der Waals surface area (Å²) in [6.07, 6.45) is 4.37. The van der Waals surface area contributed by atoms with Gasteiger partial charge in [-0.3, -0.25) is 0 Å². The molecule has 2 N–H and O–H groups in total. The number of nitrogens with two attached hydrogens (primary N) is 1. The number of halogens is 2. The van der Waals surface area contributed by atoms with Crippen molar-refractivity contribution in [1.82, 2.24) is 19.4 Å². The van der Waals surface area contributed by atoms with Gasteiger partial charge in [0.25, 0.3) is 0 Å². The highest BCUT2D eigenvalue weighted by Gasteiger charge is 2.40. The Hall–Kier alpha value is -3.30. The molecule has 0 aliphatic carbocycles. The molecular weight excluding hydrogens is 512 g/mol. The maximum atomic E-state index is 14.2. The second kappa shape index (κ2) is 12.9. The first-order chi connectivity index (χ1) is 19.1. The number of carbonyl (C=O) groups excluding carboxylic acids is 1. The molecule has 1 aliphatic heterocycles. The Labute approximate surface area is 235 Å². The molecule has 2 aromatic carbocycles. The van der Waals surface area contributed by atoms with Gasteiger partial charge >= 0.3 is 6.03 Å². The Balaban J connectivity index is 1.83. The van der Waals surface area contributed by atoms with E-state index in [-0.39, 0.29) is 23.7 Å². The quantitative estimate of drug-likeness (QED) is 0.342. The summed E-state index contributed by atoms with van der Waals surface area (Å²) in [4.78, 5) is 22.9. The molecule has 1 fully saturated rings. The lowest BCUT2D eigenvalue weighted by Crippen LogP contribution is -2.49. The van der Waals surface area contributed by atoms with Gasteiger partial charge in [-0.2, -0.15) is 0 Å². The smallest absolute Gasteiger partial charge is 0.320 e. The number of nitrogens with zero attached hydrogens (tertiary/aromatic N) is 4. The summed E-state index contributed by atoms with van der Waals surface area (Å²) in [7, 11) is 1.61. The van der Waals surface area contributed by atoms with Gasteiger partial charge in [-0.1, -0.05) is 45.0 Å². The third kappa shape index (κ3) is 7.26. The third-order valence-corrected chi connectivity index (χ3v) is 7.29. The summed E-state index contributed by atoms with van der Waals surface area (Å²) in [5.41, 5.74) is 7.86. The van der Waals surface area contributed by atoms with Crippen LogP contribution in [0.15, 0.2) is 54.7 Å². The van der Waals surface area contributed by atoms with Crippen LogP contribution in [-0.2, 0) is 11.3 Å². The molecule has 2 atom stereocenters. The Kier molecular flexibility index (Phi) is 9.58. The summed E-state index contributed by atoms with van der Waals surface area (Å²) < 4.78 is 35.5. The van der Waals surface area contributed by atoms with Crippen molar-refractivity contribution < 1.29 is 18.3 Å². The topological polar surface area (TPSA) is 76.6 Å². The summed E-state index contributed by atoms with van der Waals surface area (Å²) in [6, 6.07) is 12.0. The number of urea groups is 1.